The summed E-state index contributed by atoms with van der Waals surface area (Å²) in [5, 5.41) is 14.4. The van der Waals surface area contributed by atoms with Crippen molar-refractivity contribution < 1.29 is 19.4 Å². The number of hydrogen-bond donors (Lipinski definition) is 2. The van der Waals surface area contributed by atoms with Gasteiger partial charge < -0.3 is 24.5 Å². The molecule has 4 rings (SSSR count). The van der Waals surface area contributed by atoms with Crippen LogP contribution in [0.5, 0.6) is 5.75 Å². The van der Waals surface area contributed by atoms with E-state index in [0.717, 1.165) is 53.8 Å². The second kappa shape index (κ2) is 8.68. The van der Waals surface area contributed by atoms with E-state index in [1.165, 1.54) is 0 Å². The Morgan fingerprint density at radius 2 is 2.03 bits per heavy atom. The van der Waals surface area contributed by atoms with E-state index in [2.05, 4.69) is 5.32 Å². The third-order valence-electron chi connectivity index (χ3n) is 5.48. The minimum absolute atomic E-state index is 0.218. The van der Waals surface area contributed by atoms with Gasteiger partial charge in [-0.05, 0) is 36.6 Å². The van der Waals surface area contributed by atoms with Gasteiger partial charge >= 0.3 is 5.97 Å². The summed E-state index contributed by atoms with van der Waals surface area (Å²) < 4.78 is 12.8. The molecule has 1 saturated heterocycles. The van der Waals surface area contributed by atoms with Crippen LogP contribution in [0.3, 0.4) is 0 Å². The number of carboxylic acids is 1. The van der Waals surface area contributed by atoms with Crippen LogP contribution in [0, 0.1) is 0 Å². The van der Waals surface area contributed by atoms with Gasteiger partial charge in [-0.2, -0.15) is 0 Å². The van der Waals surface area contributed by atoms with E-state index < -0.39 is 5.97 Å². The first-order chi connectivity index (χ1) is 14.2. The molecule has 1 aliphatic rings. The van der Waals surface area contributed by atoms with Crippen molar-refractivity contribution in [2.24, 2.45) is 0 Å². The van der Waals surface area contributed by atoms with Crippen molar-refractivity contribution in [2.75, 3.05) is 20.3 Å². The summed E-state index contributed by atoms with van der Waals surface area (Å²) in [6.45, 7) is 2.53. The van der Waals surface area contributed by atoms with Gasteiger partial charge in [-0.15, -0.1) is 0 Å². The van der Waals surface area contributed by atoms with Gasteiger partial charge in [0.25, 0.3) is 0 Å². The van der Waals surface area contributed by atoms with Crippen molar-refractivity contribution in [3.05, 3.63) is 65.4 Å². The topological polar surface area (TPSA) is 72.7 Å². The molecular formula is C23H26N2O4. The number of fused-ring (bicyclic) bond motifs is 1. The Labute approximate surface area is 170 Å². The van der Waals surface area contributed by atoms with Crippen molar-refractivity contribution in [2.45, 2.75) is 32.0 Å². The van der Waals surface area contributed by atoms with Crippen LogP contribution in [0.25, 0.3) is 10.9 Å². The molecule has 0 unspecified atom stereocenters. The minimum atomic E-state index is -0.913. The van der Waals surface area contributed by atoms with E-state index in [1.807, 2.05) is 53.1 Å². The number of rotatable bonds is 8. The lowest BCUT2D eigenvalue weighted by atomic mass is 10.1. The number of nitrogens with one attached hydrogen (secondary N) is 1. The molecule has 152 valence electrons. The van der Waals surface area contributed by atoms with Crippen LogP contribution in [0.2, 0.25) is 0 Å². The zero-order chi connectivity index (χ0) is 20.2. The van der Waals surface area contributed by atoms with Gasteiger partial charge in [0.05, 0.1) is 13.2 Å². The van der Waals surface area contributed by atoms with Crippen molar-refractivity contribution >= 4 is 16.9 Å². The van der Waals surface area contributed by atoms with E-state index in [-0.39, 0.29) is 6.10 Å². The number of para-hydroxylation sites is 1. The van der Waals surface area contributed by atoms with Crippen molar-refractivity contribution in [1.29, 1.82) is 0 Å². The third kappa shape index (κ3) is 4.13. The van der Waals surface area contributed by atoms with Gasteiger partial charge in [0.15, 0.2) is 0 Å². The number of aromatic nitrogens is 1. The fraction of sp³-hybridized carbons (Fsp3) is 0.348. The predicted octanol–water partition coefficient (Wildman–Crippen LogP) is 3.67. The zero-order valence-corrected chi connectivity index (χ0v) is 16.6. The summed E-state index contributed by atoms with van der Waals surface area (Å²) in [4.78, 5) is 12.2. The summed E-state index contributed by atoms with van der Waals surface area (Å²) >= 11 is 0. The molecule has 0 amide bonds. The molecule has 0 saturated carbocycles. The molecular weight excluding hydrogens is 368 g/mol. The van der Waals surface area contributed by atoms with Crippen LogP contribution in [0.15, 0.2) is 48.5 Å². The average molecular weight is 394 g/mol. The molecule has 0 bridgehead atoms. The molecule has 0 aliphatic carbocycles. The lowest BCUT2D eigenvalue weighted by Crippen LogP contribution is -2.26. The number of ether oxygens (including phenoxy) is 2. The molecule has 1 aliphatic heterocycles. The molecule has 6 nitrogen and oxygen atoms in total. The SMILES string of the molecule is COc1ccc(Cn2c(C(=O)O)c(CNC[C@H]3CCCO3)c3ccccc32)cc1. The molecule has 0 spiro atoms. The molecule has 2 aromatic carbocycles. The van der Waals surface area contributed by atoms with Crippen molar-refractivity contribution in [3.8, 4) is 5.75 Å². The van der Waals surface area contributed by atoms with Gasteiger partial charge in [0.2, 0.25) is 0 Å². The third-order valence-corrected chi connectivity index (χ3v) is 5.48. The van der Waals surface area contributed by atoms with Crippen LogP contribution in [-0.4, -0.2) is 42.0 Å². The summed E-state index contributed by atoms with van der Waals surface area (Å²) in [6, 6.07) is 15.6. The summed E-state index contributed by atoms with van der Waals surface area (Å²) in [5.41, 5.74) is 3.10. The highest BCUT2D eigenvalue weighted by Gasteiger charge is 2.23. The van der Waals surface area contributed by atoms with Crippen LogP contribution < -0.4 is 10.1 Å². The lowest BCUT2D eigenvalue weighted by Gasteiger charge is -2.12. The fourth-order valence-electron chi connectivity index (χ4n) is 4.04. The first-order valence-corrected chi connectivity index (χ1v) is 9.96. The smallest absolute Gasteiger partial charge is 0.352 e. The molecule has 0 radical (unpaired) electrons. The molecule has 1 fully saturated rings. The standard InChI is InChI=1S/C23H26N2O4/c1-28-17-10-8-16(9-11-17)15-25-21-7-3-2-6-19(21)20(22(25)23(26)27)14-24-13-18-5-4-12-29-18/h2-3,6-11,18,24H,4-5,12-15H2,1H3,(H,26,27)/t18-/m1/s1. The number of hydrogen-bond acceptors (Lipinski definition) is 4. The molecule has 6 heteroatoms. The maximum atomic E-state index is 12.2. The van der Waals surface area contributed by atoms with Crippen LogP contribution >= 0.6 is 0 Å². The number of aromatic carboxylic acids is 1. The largest absolute Gasteiger partial charge is 0.497 e. The number of nitrogens with zero attached hydrogens (tertiary/aromatic N) is 1. The minimum Gasteiger partial charge on any atom is -0.497 e. The number of methoxy groups -OCH3 is 1. The number of carbonyl (C=O) groups is 1. The highest BCUT2D eigenvalue weighted by atomic mass is 16.5. The maximum absolute atomic E-state index is 12.2. The van der Waals surface area contributed by atoms with E-state index in [0.29, 0.717) is 18.8 Å². The lowest BCUT2D eigenvalue weighted by molar-refractivity contribution is 0.0684. The van der Waals surface area contributed by atoms with Gasteiger partial charge in [0, 0.05) is 42.7 Å². The Morgan fingerprint density at radius 1 is 1.24 bits per heavy atom. The van der Waals surface area contributed by atoms with Crippen molar-refractivity contribution in [3.63, 3.8) is 0 Å². The summed E-state index contributed by atoms with van der Waals surface area (Å²) in [5.74, 6) is -0.132. The monoisotopic (exact) mass is 394 g/mol. The van der Waals surface area contributed by atoms with Gasteiger partial charge in [-0.3, -0.25) is 0 Å². The highest BCUT2D eigenvalue weighted by Crippen LogP contribution is 2.28. The van der Waals surface area contributed by atoms with Crippen LogP contribution in [-0.2, 0) is 17.8 Å². The predicted molar refractivity (Wildman–Crippen MR) is 112 cm³/mol. The highest BCUT2D eigenvalue weighted by molar-refractivity contribution is 5.98. The van der Waals surface area contributed by atoms with Crippen LogP contribution in [0.1, 0.15) is 34.5 Å². The number of benzene rings is 2. The Morgan fingerprint density at radius 3 is 2.72 bits per heavy atom. The Kier molecular flexibility index (Phi) is 5.83. The molecule has 1 aromatic heterocycles. The van der Waals surface area contributed by atoms with Crippen LogP contribution in [0.4, 0.5) is 0 Å². The zero-order valence-electron chi connectivity index (χ0n) is 16.6. The molecule has 1 atom stereocenters. The van der Waals surface area contributed by atoms with Gasteiger partial charge in [-0.25, -0.2) is 4.79 Å². The van der Waals surface area contributed by atoms with E-state index >= 15 is 0 Å². The average Bonchev–Trinajstić information content (AvgIpc) is 3.36. The molecule has 2 heterocycles. The molecule has 2 N–H and O–H groups in total. The first kappa shape index (κ1) is 19.5. The second-order valence-corrected chi connectivity index (χ2v) is 7.35. The second-order valence-electron chi connectivity index (χ2n) is 7.35. The van der Waals surface area contributed by atoms with E-state index in [9.17, 15) is 9.90 Å². The van der Waals surface area contributed by atoms with Gasteiger partial charge in [0.1, 0.15) is 11.4 Å². The normalized spacial score (nSPS) is 16.4. The first-order valence-electron chi connectivity index (χ1n) is 9.96. The van der Waals surface area contributed by atoms with E-state index in [1.54, 1.807) is 7.11 Å². The Hall–Kier alpha value is -2.83. The summed E-state index contributed by atoms with van der Waals surface area (Å²) in [7, 11) is 1.63. The Bertz CT molecular complexity index is 988. The van der Waals surface area contributed by atoms with Gasteiger partial charge in [-0.1, -0.05) is 30.3 Å². The Balaban J connectivity index is 1.66. The summed E-state index contributed by atoms with van der Waals surface area (Å²) in [6.07, 6.45) is 2.36. The molecule has 29 heavy (non-hydrogen) atoms. The van der Waals surface area contributed by atoms with E-state index in [4.69, 9.17) is 9.47 Å². The quantitative estimate of drug-likeness (QED) is 0.610. The maximum Gasteiger partial charge on any atom is 0.352 e. The molecule has 3 aromatic rings. The number of carboxylic acid groups (broad SMARTS) is 1. The van der Waals surface area contributed by atoms with Crippen molar-refractivity contribution in [1.82, 2.24) is 9.88 Å². The fourth-order valence-corrected chi connectivity index (χ4v) is 4.04.